The van der Waals surface area contributed by atoms with Gasteiger partial charge in [0.15, 0.2) is 0 Å². The zero-order chi connectivity index (χ0) is 12.0. The van der Waals surface area contributed by atoms with E-state index in [2.05, 4.69) is 0 Å². The Balaban J connectivity index is 2.25. The molecule has 1 rings (SSSR count). The van der Waals surface area contributed by atoms with Crippen LogP contribution in [0, 0.1) is 0 Å². The summed E-state index contributed by atoms with van der Waals surface area (Å²) in [5.74, 6) is -0.376. The number of halogens is 1. The average molecular weight is 264 g/mol. The summed E-state index contributed by atoms with van der Waals surface area (Å²) in [6.07, 6.45) is 0. The van der Waals surface area contributed by atoms with Crippen LogP contribution in [0.25, 0.3) is 0 Å². The normalized spacial score (nSPS) is 12.4. The molecular weight excluding hydrogens is 250 g/mol. The molecule has 1 aromatic rings. The van der Waals surface area contributed by atoms with Crippen LogP contribution in [0.5, 0.6) is 0 Å². The molecule has 0 aliphatic rings. The molecular formula is C10H14ClNO3S. The maximum atomic E-state index is 11.0. The van der Waals surface area contributed by atoms with E-state index in [4.69, 9.17) is 26.8 Å². The Kier molecular flexibility index (Phi) is 5.76. The molecule has 16 heavy (non-hydrogen) atoms. The van der Waals surface area contributed by atoms with E-state index in [1.54, 1.807) is 13.0 Å². The van der Waals surface area contributed by atoms with Gasteiger partial charge in [-0.15, -0.1) is 11.3 Å². The third-order valence-corrected chi connectivity index (χ3v) is 3.15. The second kappa shape index (κ2) is 6.85. The van der Waals surface area contributed by atoms with E-state index in [0.29, 0.717) is 10.9 Å². The van der Waals surface area contributed by atoms with Gasteiger partial charge in [-0.05, 0) is 19.1 Å². The quantitative estimate of drug-likeness (QED) is 0.798. The highest BCUT2D eigenvalue weighted by Crippen LogP contribution is 2.25. The van der Waals surface area contributed by atoms with Gasteiger partial charge in [0, 0.05) is 4.88 Å². The Morgan fingerprint density at radius 3 is 2.94 bits per heavy atom. The van der Waals surface area contributed by atoms with Crippen molar-refractivity contribution in [1.82, 2.24) is 0 Å². The van der Waals surface area contributed by atoms with Crippen LogP contribution in [0.2, 0.25) is 4.34 Å². The highest BCUT2D eigenvalue weighted by atomic mass is 35.5. The number of hydrogen-bond acceptors (Lipinski definition) is 5. The summed E-state index contributed by atoms with van der Waals surface area (Å²) in [7, 11) is 0. The smallest absolute Gasteiger partial charge is 0.332 e. The fourth-order valence-electron chi connectivity index (χ4n) is 1.08. The van der Waals surface area contributed by atoms with Gasteiger partial charge in [0.25, 0.3) is 0 Å². The number of thiophene rings is 1. The van der Waals surface area contributed by atoms with Gasteiger partial charge < -0.3 is 15.2 Å². The molecule has 0 saturated carbocycles. The molecule has 0 amide bonds. The fraction of sp³-hybridized carbons (Fsp3) is 0.500. The molecule has 0 fully saturated rings. The third kappa shape index (κ3) is 4.49. The first-order valence-electron chi connectivity index (χ1n) is 4.87. The molecule has 0 spiro atoms. The number of carbonyl (C=O) groups excluding carboxylic acids is 1. The molecule has 1 unspecified atom stereocenters. The molecule has 4 nitrogen and oxygen atoms in total. The molecule has 0 aromatic carbocycles. The molecule has 90 valence electrons. The molecule has 6 heteroatoms. The van der Waals surface area contributed by atoms with Gasteiger partial charge in [0.05, 0.1) is 23.6 Å². The summed E-state index contributed by atoms with van der Waals surface area (Å²) in [4.78, 5) is 11.9. The molecule has 1 heterocycles. The van der Waals surface area contributed by atoms with Crippen molar-refractivity contribution in [1.29, 1.82) is 0 Å². The van der Waals surface area contributed by atoms with Gasteiger partial charge in [0.2, 0.25) is 0 Å². The van der Waals surface area contributed by atoms with E-state index < -0.39 is 0 Å². The van der Waals surface area contributed by atoms with Crippen molar-refractivity contribution >= 4 is 28.9 Å². The maximum absolute atomic E-state index is 11.0. The lowest BCUT2D eigenvalue weighted by Crippen LogP contribution is -2.20. The summed E-state index contributed by atoms with van der Waals surface area (Å²) < 4.78 is 10.5. The molecule has 0 aliphatic carbocycles. The molecule has 0 radical (unpaired) electrons. The van der Waals surface area contributed by atoms with Crippen LogP contribution in [-0.2, 0) is 14.3 Å². The fourth-order valence-corrected chi connectivity index (χ4v) is 2.13. The molecule has 0 saturated heterocycles. The lowest BCUT2D eigenvalue weighted by Gasteiger charge is -2.09. The van der Waals surface area contributed by atoms with E-state index in [0.717, 1.165) is 4.88 Å². The second-order valence-electron chi connectivity index (χ2n) is 3.07. The van der Waals surface area contributed by atoms with Crippen molar-refractivity contribution < 1.29 is 14.3 Å². The first kappa shape index (κ1) is 13.4. The maximum Gasteiger partial charge on any atom is 0.332 e. The van der Waals surface area contributed by atoms with E-state index in [1.807, 2.05) is 6.07 Å². The zero-order valence-corrected chi connectivity index (χ0v) is 10.5. The Hall–Kier alpha value is -0.620. The summed E-state index contributed by atoms with van der Waals surface area (Å²) in [6, 6.07) is 3.38. The first-order valence-corrected chi connectivity index (χ1v) is 6.07. The van der Waals surface area contributed by atoms with Gasteiger partial charge in [-0.25, -0.2) is 4.79 Å². The average Bonchev–Trinajstić information content (AvgIpc) is 2.65. The van der Waals surface area contributed by atoms with Crippen molar-refractivity contribution in [2.75, 3.05) is 19.8 Å². The highest BCUT2D eigenvalue weighted by molar-refractivity contribution is 7.16. The molecule has 1 atom stereocenters. The SMILES string of the molecule is CCOC(=O)COCC(N)c1ccc(Cl)s1. The molecule has 0 aliphatic heterocycles. The van der Waals surface area contributed by atoms with Crippen molar-refractivity contribution in [2.24, 2.45) is 5.73 Å². The number of nitrogens with two attached hydrogens (primary N) is 1. The largest absolute Gasteiger partial charge is 0.464 e. The summed E-state index contributed by atoms with van der Waals surface area (Å²) in [5.41, 5.74) is 5.84. The van der Waals surface area contributed by atoms with Gasteiger partial charge >= 0.3 is 5.97 Å². The third-order valence-electron chi connectivity index (χ3n) is 1.78. The zero-order valence-electron chi connectivity index (χ0n) is 8.94. The van der Waals surface area contributed by atoms with Crippen LogP contribution in [0.15, 0.2) is 12.1 Å². The summed E-state index contributed by atoms with van der Waals surface area (Å²) in [5, 5.41) is 0. The highest BCUT2D eigenvalue weighted by Gasteiger charge is 2.10. The van der Waals surface area contributed by atoms with Crippen molar-refractivity contribution in [2.45, 2.75) is 13.0 Å². The summed E-state index contributed by atoms with van der Waals surface area (Å²) >= 11 is 7.19. The Bertz CT molecular complexity index is 343. The lowest BCUT2D eigenvalue weighted by molar-refractivity contribution is -0.148. The Labute approximate surface area is 103 Å². The first-order chi connectivity index (χ1) is 7.63. The van der Waals surface area contributed by atoms with Crippen LogP contribution in [-0.4, -0.2) is 25.8 Å². The molecule has 2 N–H and O–H groups in total. The van der Waals surface area contributed by atoms with E-state index >= 15 is 0 Å². The number of rotatable bonds is 6. The van der Waals surface area contributed by atoms with Gasteiger partial charge in [-0.3, -0.25) is 0 Å². The van der Waals surface area contributed by atoms with Gasteiger partial charge in [0.1, 0.15) is 6.61 Å². The van der Waals surface area contributed by atoms with Gasteiger partial charge in [-0.1, -0.05) is 11.6 Å². The lowest BCUT2D eigenvalue weighted by atomic mass is 10.3. The minimum absolute atomic E-state index is 0.0688. The number of carbonyl (C=O) groups is 1. The number of esters is 1. The van der Waals surface area contributed by atoms with Crippen molar-refractivity contribution in [3.8, 4) is 0 Å². The Morgan fingerprint density at radius 2 is 2.38 bits per heavy atom. The van der Waals surface area contributed by atoms with Crippen LogP contribution >= 0.6 is 22.9 Å². The predicted molar refractivity (Wildman–Crippen MR) is 63.7 cm³/mol. The number of ether oxygens (including phenoxy) is 2. The van der Waals surface area contributed by atoms with Crippen LogP contribution < -0.4 is 5.73 Å². The molecule has 0 bridgehead atoms. The van der Waals surface area contributed by atoms with Crippen LogP contribution in [0.1, 0.15) is 17.8 Å². The van der Waals surface area contributed by atoms with E-state index in [9.17, 15) is 4.79 Å². The number of hydrogen-bond donors (Lipinski definition) is 1. The minimum atomic E-state index is -0.376. The van der Waals surface area contributed by atoms with Crippen molar-refractivity contribution in [3.63, 3.8) is 0 Å². The Morgan fingerprint density at radius 1 is 1.62 bits per heavy atom. The van der Waals surface area contributed by atoms with E-state index in [1.165, 1.54) is 11.3 Å². The van der Waals surface area contributed by atoms with Crippen LogP contribution in [0.3, 0.4) is 0 Å². The molecule has 1 aromatic heterocycles. The minimum Gasteiger partial charge on any atom is -0.464 e. The van der Waals surface area contributed by atoms with Crippen molar-refractivity contribution in [3.05, 3.63) is 21.3 Å². The predicted octanol–water partition coefficient (Wildman–Crippen LogP) is 1.98. The second-order valence-corrected chi connectivity index (χ2v) is 4.82. The van der Waals surface area contributed by atoms with Gasteiger partial charge in [-0.2, -0.15) is 0 Å². The topological polar surface area (TPSA) is 61.5 Å². The monoisotopic (exact) mass is 263 g/mol. The van der Waals surface area contributed by atoms with E-state index in [-0.39, 0.29) is 25.2 Å². The summed E-state index contributed by atoms with van der Waals surface area (Å²) in [6.45, 7) is 2.31. The standard InChI is InChI=1S/C10H14ClNO3S/c1-2-15-10(13)6-14-5-7(12)8-3-4-9(11)16-8/h3-4,7H,2,5-6,12H2,1H3. The van der Waals surface area contributed by atoms with Crippen LogP contribution in [0.4, 0.5) is 0 Å².